The number of carbonyl (C=O) groups is 1. The first-order valence-electron chi connectivity index (χ1n) is 6.60. The lowest BCUT2D eigenvalue weighted by Gasteiger charge is -2.32. The average Bonchev–Trinajstić information content (AvgIpc) is 2.39. The van der Waals surface area contributed by atoms with E-state index in [0.717, 1.165) is 25.7 Å². The number of nitrogens with two attached hydrogens (primary N) is 1. The molecule has 0 atom stereocenters. The van der Waals surface area contributed by atoms with Gasteiger partial charge < -0.3 is 10.5 Å². The van der Waals surface area contributed by atoms with E-state index in [1.165, 1.54) is 6.42 Å². The third-order valence-electron chi connectivity index (χ3n) is 3.77. The quantitative estimate of drug-likeness (QED) is 0.832. The van der Waals surface area contributed by atoms with Gasteiger partial charge in [-0.2, -0.15) is 0 Å². The zero-order valence-electron chi connectivity index (χ0n) is 10.9. The summed E-state index contributed by atoms with van der Waals surface area (Å²) in [6.07, 6.45) is 5.84. The van der Waals surface area contributed by atoms with Crippen molar-refractivity contribution in [2.45, 2.75) is 44.1 Å². The van der Waals surface area contributed by atoms with Crippen molar-refractivity contribution in [3.8, 4) is 5.75 Å². The van der Waals surface area contributed by atoms with Crippen LogP contribution in [0.25, 0.3) is 0 Å². The fourth-order valence-electron chi connectivity index (χ4n) is 2.72. The molecule has 0 spiro atoms. The van der Waals surface area contributed by atoms with E-state index in [2.05, 4.69) is 0 Å². The summed E-state index contributed by atoms with van der Waals surface area (Å²) < 4.78 is 5.23. The van der Waals surface area contributed by atoms with E-state index in [1.807, 2.05) is 24.3 Å². The van der Waals surface area contributed by atoms with Crippen LogP contribution >= 0.6 is 0 Å². The van der Waals surface area contributed by atoms with Crippen LogP contribution in [-0.4, -0.2) is 18.4 Å². The van der Waals surface area contributed by atoms with Gasteiger partial charge in [-0.3, -0.25) is 4.79 Å². The van der Waals surface area contributed by atoms with Gasteiger partial charge in [-0.15, -0.1) is 0 Å². The molecule has 0 heterocycles. The van der Waals surface area contributed by atoms with Gasteiger partial charge in [0.2, 0.25) is 0 Å². The minimum atomic E-state index is -0.309. The molecular weight excluding hydrogens is 226 g/mol. The number of ether oxygens (including phenoxy) is 1. The molecule has 1 saturated carbocycles. The lowest BCUT2D eigenvalue weighted by atomic mass is 9.78. The number of benzene rings is 1. The third-order valence-corrected chi connectivity index (χ3v) is 3.77. The molecule has 0 amide bonds. The summed E-state index contributed by atoms with van der Waals surface area (Å²) >= 11 is 0. The summed E-state index contributed by atoms with van der Waals surface area (Å²) in [4.78, 5) is 12.3. The molecule has 0 saturated heterocycles. The lowest BCUT2D eigenvalue weighted by Crippen LogP contribution is -2.43. The standard InChI is InChI=1S/C15H21NO2/c1-18-14-8-4-3-7-12(14)13(17)11-15(16)9-5-2-6-10-15/h3-4,7-8H,2,5-6,9-11,16H2,1H3. The maximum atomic E-state index is 12.3. The highest BCUT2D eigenvalue weighted by Crippen LogP contribution is 2.31. The molecule has 18 heavy (non-hydrogen) atoms. The molecule has 0 unspecified atom stereocenters. The third kappa shape index (κ3) is 2.91. The topological polar surface area (TPSA) is 52.3 Å². The Labute approximate surface area is 108 Å². The van der Waals surface area contributed by atoms with Gasteiger partial charge in [0.25, 0.3) is 0 Å². The van der Waals surface area contributed by atoms with E-state index in [9.17, 15) is 4.79 Å². The van der Waals surface area contributed by atoms with Gasteiger partial charge in [-0.05, 0) is 25.0 Å². The van der Waals surface area contributed by atoms with Gasteiger partial charge in [-0.1, -0.05) is 31.4 Å². The van der Waals surface area contributed by atoms with Crippen LogP contribution in [0.5, 0.6) is 5.75 Å². The molecule has 3 heteroatoms. The van der Waals surface area contributed by atoms with Gasteiger partial charge in [0.15, 0.2) is 5.78 Å². The first-order chi connectivity index (χ1) is 8.64. The first kappa shape index (κ1) is 13.1. The van der Waals surface area contributed by atoms with Gasteiger partial charge in [0, 0.05) is 12.0 Å². The highest BCUT2D eigenvalue weighted by molar-refractivity contribution is 5.99. The van der Waals surface area contributed by atoms with Crippen molar-refractivity contribution in [1.29, 1.82) is 0 Å². The first-order valence-corrected chi connectivity index (χ1v) is 6.60. The minimum Gasteiger partial charge on any atom is -0.496 e. The van der Waals surface area contributed by atoms with Crippen LogP contribution in [0.15, 0.2) is 24.3 Å². The van der Waals surface area contributed by atoms with Crippen molar-refractivity contribution in [3.63, 3.8) is 0 Å². The zero-order chi connectivity index (χ0) is 13.0. The molecule has 0 radical (unpaired) electrons. The molecule has 1 aliphatic rings. The summed E-state index contributed by atoms with van der Waals surface area (Å²) in [5.41, 5.74) is 6.67. The predicted molar refractivity (Wildman–Crippen MR) is 71.9 cm³/mol. The molecule has 0 bridgehead atoms. The second-order valence-corrected chi connectivity index (χ2v) is 5.22. The van der Waals surface area contributed by atoms with Crippen LogP contribution in [0.1, 0.15) is 48.9 Å². The Morgan fingerprint density at radius 1 is 1.28 bits per heavy atom. The molecule has 2 rings (SSSR count). The maximum Gasteiger partial charge on any atom is 0.168 e. The molecule has 1 fully saturated rings. The maximum absolute atomic E-state index is 12.3. The highest BCUT2D eigenvalue weighted by atomic mass is 16.5. The van der Waals surface area contributed by atoms with E-state index in [4.69, 9.17) is 10.5 Å². The summed E-state index contributed by atoms with van der Waals surface area (Å²) in [5.74, 6) is 0.735. The molecule has 2 N–H and O–H groups in total. The molecule has 98 valence electrons. The fourth-order valence-corrected chi connectivity index (χ4v) is 2.72. The number of para-hydroxylation sites is 1. The van der Waals surface area contributed by atoms with Crippen LogP contribution in [-0.2, 0) is 0 Å². The second kappa shape index (κ2) is 5.53. The number of hydrogen-bond acceptors (Lipinski definition) is 3. The molecule has 0 aliphatic heterocycles. The van der Waals surface area contributed by atoms with Crippen molar-refractivity contribution in [2.24, 2.45) is 5.73 Å². The van der Waals surface area contributed by atoms with Crippen molar-refractivity contribution in [2.75, 3.05) is 7.11 Å². The summed E-state index contributed by atoms with van der Waals surface area (Å²) in [6.45, 7) is 0. The number of methoxy groups -OCH3 is 1. The van der Waals surface area contributed by atoms with Crippen LogP contribution in [0.3, 0.4) is 0 Å². The van der Waals surface area contributed by atoms with Crippen molar-refractivity contribution in [1.82, 2.24) is 0 Å². The minimum absolute atomic E-state index is 0.0943. The fraction of sp³-hybridized carbons (Fsp3) is 0.533. The van der Waals surface area contributed by atoms with E-state index in [1.54, 1.807) is 7.11 Å². The predicted octanol–water partition coefficient (Wildman–Crippen LogP) is 2.93. The van der Waals surface area contributed by atoms with Crippen LogP contribution in [0.2, 0.25) is 0 Å². The van der Waals surface area contributed by atoms with E-state index in [0.29, 0.717) is 17.7 Å². The van der Waals surface area contributed by atoms with Crippen LogP contribution in [0.4, 0.5) is 0 Å². The Balaban J connectivity index is 2.11. The molecular formula is C15H21NO2. The Morgan fingerprint density at radius 3 is 2.61 bits per heavy atom. The Bertz CT molecular complexity index is 422. The summed E-state index contributed by atoms with van der Waals surface area (Å²) in [5, 5.41) is 0. The SMILES string of the molecule is COc1ccccc1C(=O)CC1(N)CCCCC1. The van der Waals surface area contributed by atoms with Gasteiger partial charge in [0.05, 0.1) is 12.7 Å². The number of rotatable bonds is 4. The van der Waals surface area contributed by atoms with Gasteiger partial charge in [-0.25, -0.2) is 0 Å². The molecule has 1 aromatic carbocycles. The summed E-state index contributed by atoms with van der Waals surface area (Å²) in [6, 6.07) is 7.36. The van der Waals surface area contributed by atoms with Crippen LogP contribution in [0, 0.1) is 0 Å². The molecule has 3 nitrogen and oxygen atoms in total. The Kier molecular flexibility index (Phi) is 4.02. The van der Waals surface area contributed by atoms with Crippen LogP contribution < -0.4 is 10.5 Å². The number of ketones is 1. The largest absolute Gasteiger partial charge is 0.496 e. The Hall–Kier alpha value is -1.35. The molecule has 0 aromatic heterocycles. The normalized spacial score (nSPS) is 18.3. The average molecular weight is 247 g/mol. The lowest BCUT2D eigenvalue weighted by molar-refractivity contribution is 0.0931. The van der Waals surface area contributed by atoms with Gasteiger partial charge in [0.1, 0.15) is 5.75 Å². The summed E-state index contributed by atoms with van der Waals surface area (Å²) in [7, 11) is 1.59. The smallest absolute Gasteiger partial charge is 0.168 e. The molecule has 1 aliphatic carbocycles. The number of hydrogen-bond donors (Lipinski definition) is 1. The second-order valence-electron chi connectivity index (χ2n) is 5.22. The zero-order valence-corrected chi connectivity index (χ0v) is 10.9. The Morgan fingerprint density at radius 2 is 1.94 bits per heavy atom. The van der Waals surface area contributed by atoms with Crippen molar-refractivity contribution >= 4 is 5.78 Å². The van der Waals surface area contributed by atoms with Crippen molar-refractivity contribution in [3.05, 3.63) is 29.8 Å². The molecule has 1 aromatic rings. The van der Waals surface area contributed by atoms with Crippen molar-refractivity contribution < 1.29 is 9.53 Å². The monoisotopic (exact) mass is 247 g/mol. The van der Waals surface area contributed by atoms with E-state index >= 15 is 0 Å². The highest BCUT2D eigenvalue weighted by Gasteiger charge is 2.30. The number of carbonyl (C=O) groups excluding carboxylic acids is 1. The van der Waals surface area contributed by atoms with E-state index < -0.39 is 0 Å². The van der Waals surface area contributed by atoms with E-state index in [-0.39, 0.29) is 11.3 Å². The van der Waals surface area contributed by atoms with Gasteiger partial charge >= 0.3 is 0 Å². The number of Topliss-reactive ketones (excluding diaryl/α,β-unsaturated/α-hetero) is 1.